The molecule has 6 nitrogen and oxygen atoms in total. The van der Waals surface area contributed by atoms with E-state index in [-0.39, 0.29) is 12.5 Å². The molecule has 0 aromatic heterocycles. The highest BCUT2D eigenvalue weighted by atomic mass is 16.5. The van der Waals surface area contributed by atoms with Crippen LogP contribution in [0.1, 0.15) is 12.5 Å². The van der Waals surface area contributed by atoms with Gasteiger partial charge in [0, 0.05) is 11.7 Å². The number of hydrogen-bond donors (Lipinski definition) is 2. The number of carbonyl (C=O) groups excluding carboxylic acids is 1. The van der Waals surface area contributed by atoms with Crippen molar-refractivity contribution in [3.63, 3.8) is 0 Å². The normalized spacial score (nSPS) is 24.8. The molecule has 0 bridgehead atoms. The minimum atomic E-state index is -1.07. The summed E-state index contributed by atoms with van der Waals surface area (Å²) in [4.78, 5) is 25.2. The molecule has 3 N–H and O–H groups in total. The van der Waals surface area contributed by atoms with Crippen molar-refractivity contribution in [1.82, 2.24) is 0 Å². The van der Waals surface area contributed by atoms with Gasteiger partial charge in [-0.3, -0.25) is 9.59 Å². The molecule has 1 fully saturated rings. The summed E-state index contributed by atoms with van der Waals surface area (Å²) in [5.41, 5.74) is 6.65. The van der Waals surface area contributed by atoms with Gasteiger partial charge in [-0.05, 0) is 26.0 Å². The summed E-state index contributed by atoms with van der Waals surface area (Å²) in [6, 6.07) is 6.71. The number of anilines is 1. The van der Waals surface area contributed by atoms with Crippen molar-refractivity contribution in [2.45, 2.75) is 19.9 Å². The molecule has 2 atom stereocenters. The first-order valence-corrected chi connectivity index (χ1v) is 6.78. The van der Waals surface area contributed by atoms with Crippen molar-refractivity contribution in [2.24, 2.45) is 11.1 Å². The number of rotatable bonds is 4. The predicted molar refractivity (Wildman–Crippen MR) is 78.1 cm³/mol. The van der Waals surface area contributed by atoms with Crippen LogP contribution in [0.2, 0.25) is 0 Å². The Balaban J connectivity index is 2.33. The number of nitrogens with two attached hydrogens (primary N) is 1. The first kappa shape index (κ1) is 15.5. The largest absolute Gasteiger partial charge is 0.480 e. The molecule has 6 heteroatoms. The molecule has 0 radical (unpaired) electrons. The molecule has 1 aromatic carbocycles. The fraction of sp³-hybridized carbons (Fsp3) is 0.467. The van der Waals surface area contributed by atoms with E-state index in [1.807, 2.05) is 19.1 Å². The van der Waals surface area contributed by atoms with E-state index in [1.54, 1.807) is 19.1 Å². The Morgan fingerprint density at radius 2 is 2.05 bits per heavy atom. The molecule has 1 aliphatic heterocycles. The van der Waals surface area contributed by atoms with Gasteiger partial charge in [0.1, 0.15) is 6.54 Å². The molecular weight excluding hydrogens is 272 g/mol. The smallest absolute Gasteiger partial charge is 0.323 e. The second-order valence-corrected chi connectivity index (χ2v) is 5.66. The molecule has 1 heterocycles. The molecule has 0 saturated carbocycles. The lowest BCUT2D eigenvalue weighted by atomic mass is 9.84. The summed E-state index contributed by atoms with van der Waals surface area (Å²) in [5, 5.41) is 9.08. The number of carbonyl (C=O) groups is 2. The molecule has 0 aliphatic carbocycles. The Labute approximate surface area is 123 Å². The van der Waals surface area contributed by atoms with Gasteiger partial charge in [-0.1, -0.05) is 17.7 Å². The van der Waals surface area contributed by atoms with Gasteiger partial charge < -0.3 is 20.5 Å². The molecule has 0 spiro atoms. The number of carboxylic acid groups (broad SMARTS) is 1. The van der Waals surface area contributed by atoms with Crippen LogP contribution >= 0.6 is 0 Å². The highest BCUT2D eigenvalue weighted by Gasteiger charge is 2.47. The molecular formula is C15H20N2O4. The quantitative estimate of drug-likeness (QED) is 0.855. The summed E-state index contributed by atoms with van der Waals surface area (Å²) in [7, 11) is 0. The average Bonchev–Trinajstić information content (AvgIpc) is 2.77. The summed E-state index contributed by atoms with van der Waals surface area (Å²) >= 11 is 0. The Morgan fingerprint density at radius 3 is 2.52 bits per heavy atom. The number of carboxylic acids is 1. The van der Waals surface area contributed by atoms with Gasteiger partial charge in [0.05, 0.1) is 18.6 Å². The molecule has 1 aromatic rings. The number of benzene rings is 1. The monoisotopic (exact) mass is 292 g/mol. The average molecular weight is 292 g/mol. The fourth-order valence-electron chi connectivity index (χ4n) is 2.36. The number of ether oxygens (including phenoxy) is 1. The highest BCUT2D eigenvalue weighted by molar-refractivity contribution is 6.01. The molecule has 1 aliphatic rings. The van der Waals surface area contributed by atoms with Crippen LogP contribution in [0.15, 0.2) is 24.3 Å². The number of amides is 1. The Hall–Kier alpha value is -1.92. The lowest BCUT2D eigenvalue weighted by Crippen LogP contribution is -2.52. The van der Waals surface area contributed by atoms with Crippen molar-refractivity contribution in [2.75, 3.05) is 24.7 Å². The molecule has 2 rings (SSSR count). The van der Waals surface area contributed by atoms with E-state index in [1.165, 1.54) is 4.90 Å². The maximum atomic E-state index is 12.8. The lowest BCUT2D eigenvalue weighted by Gasteiger charge is -2.32. The van der Waals surface area contributed by atoms with E-state index in [4.69, 9.17) is 15.6 Å². The van der Waals surface area contributed by atoms with Gasteiger partial charge in [-0.2, -0.15) is 0 Å². The third kappa shape index (κ3) is 3.06. The summed E-state index contributed by atoms with van der Waals surface area (Å²) in [6.07, 6.45) is 0. The first-order valence-electron chi connectivity index (χ1n) is 6.78. The SMILES string of the molecule is Cc1ccc(N(CC(=O)O)C(=O)C2(C)COCC2N)cc1. The van der Waals surface area contributed by atoms with Crippen LogP contribution in [0.3, 0.4) is 0 Å². The van der Waals surface area contributed by atoms with Crippen molar-refractivity contribution < 1.29 is 19.4 Å². The van der Waals surface area contributed by atoms with E-state index in [0.29, 0.717) is 12.3 Å². The van der Waals surface area contributed by atoms with Crippen LogP contribution in [0, 0.1) is 12.3 Å². The van der Waals surface area contributed by atoms with Crippen molar-refractivity contribution in [3.05, 3.63) is 29.8 Å². The Bertz CT molecular complexity index is 543. The Morgan fingerprint density at radius 1 is 1.43 bits per heavy atom. The van der Waals surface area contributed by atoms with Crippen molar-refractivity contribution in [3.8, 4) is 0 Å². The van der Waals surface area contributed by atoms with Crippen molar-refractivity contribution >= 4 is 17.6 Å². The number of aryl methyl sites for hydroxylation is 1. The first-order chi connectivity index (χ1) is 9.84. The van der Waals surface area contributed by atoms with Crippen LogP contribution < -0.4 is 10.6 Å². The topological polar surface area (TPSA) is 92.9 Å². The van der Waals surface area contributed by atoms with Gasteiger partial charge in [0.15, 0.2) is 0 Å². The van der Waals surface area contributed by atoms with Gasteiger partial charge in [0.25, 0.3) is 0 Å². The van der Waals surface area contributed by atoms with Crippen LogP contribution in [0.4, 0.5) is 5.69 Å². The molecule has 1 saturated heterocycles. The lowest BCUT2D eigenvalue weighted by molar-refractivity contribution is -0.138. The molecule has 114 valence electrons. The zero-order valence-corrected chi connectivity index (χ0v) is 12.2. The van der Waals surface area contributed by atoms with Crippen LogP contribution in [0.5, 0.6) is 0 Å². The third-order valence-electron chi connectivity index (χ3n) is 3.89. The standard InChI is InChI=1S/C15H20N2O4/c1-10-3-5-11(6-4-10)17(7-13(18)19)14(20)15(2)9-21-8-12(15)16/h3-6,12H,7-9,16H2,1-2H3,(H,18,19). The van der Waals surface area contributed by atoms with E-state index < -0.39 is 24.0 Å². The van der Waals surface area contributed by atoms with E-state index in [0.717, 1.165) is 5.56 Å². The number of hydrogen-bond acceptors (Lipinski definition) is 4. The fourth-order valence-corrected chi connectivity index (χ4v) is 2.36. The van der Waals surface area contributed by atoms with Crippen molar-refractivity contribution in [1.29, 1.82) is 0 Å². The zero-order chi connectivity index (χ0) is 15.6. The van der Waals surface area contributed by atoms with E-state index >= 15 is 0 Å². The van der Waals surface area contributed by atoms with Crippen LogP contribution in [-0.4, -0.2) is 42.8 Å². The number of aliphatic carboxylic acids is 1. The maximum Gasteiger partial charge on any atom is 0.323 e. The highest BCUT2D eigenvalue weighted by Crippen LogP contribution is 2.31. The second kappa shape index (κ2) is 5.83. The van der Waals surface area contributed by atoms with Gasteiger partial charge in [-0.25, -0.2) is 0 Å². The van der Waals surface area contributed by atoms with Crippen LogP contribution in [0.25, 0.3) is 0 Å². The second-order valence-electron chi connectivity index (χ2n) is 5.66. The minimum absolute atomic E-state index is 0.203. The van der Waals surface area contributed by atoms with Gasteiger partial charge in [0.2, 0.25) is 5.91 Å². The van der Waals surface area contributed by atoms with Gasteiger partial charge in [-0.15, -0.1) is 0 Å². The van der Waals surface area contributed by atoms with Crippen LogP contribution in [-0.2, 0) is 14.3 Å². The van der Waals surface area contributed by atoms with E-state index in [2.05, 4.69) is 0 Å². The Kier molecular flexibility index (Phi) is 4.29. The third-order valence-corrected chi connectivity index (χ3v) is 3.89. The summed E-state index contributed by atoms with van der Waals surface area (Å²) < 4.78 is 5.28. The van der Waals surface area contributed by atoms with Gasteiger partial charge >= 0.3 is 5.97 Å². The molecule has 1 amide bonds. The number of nitrogens with zero attached hydrogens (tertiary/aromatic N) is 1. The molecule has 2 unspecified atom stereocenters. The minimum Gasteiger partial charge on any atom is -0.480 e. The summed E-state index contributed by atoms with van der Waals surface area (Å²) in [6.45, 7) is 3.75. The molecule has 21 heavy (non-hydrogen) atoms. The summed E-state index contributed by atoms with van der Waals surface area (Å²) in [5.74, 6) is -1.39. The van der Waals surface area contributed by atoms with E-state index in [9.17, 15) is 9.59 Å². The maximum absolute atomic E-state index is 12.8. The zero-order valence-electron chi connectivity index (χ0n) is 12.2. The predicted octanol–water partition coefficient (Wildman–Crippen LogP) is 0.776.